The van der Waals surface area contributed by atoms with E-state index in [0.717, 1.165) is 6.07 Å². The first-order valence-electron chi connectivity index (χ1n) is 7.16. The number of aromatic nitrogens is 3. The average molecular weight is 364 g/mol. The summed E-state index contributed by atoms with van der Waals surface area (Å²) >= 11 is 0. The number of nitriles is 1. The van der Waals surface area contributed by atoms with Gasteiger partial charge in [-0.15, -0.1) is 0 Å². The molecule has 2 aromatic rings. The molecule has 2 unspecified atom stereocenters. The molecular formula is C14H13FN6O3S. The first-order valence-corrected chi connectivity index (χ1v) is 8.99. The summed E-state index contributed by atoms with van der Waals surface area (Å²) < 4.78 is 38.0. The summed E-state index contributed by atoms with van der Waals surface area (Å²) in [5.74, 6) is -2.78. The summed E-state index contributed by atoms with van der Waals surface area (Å²) in [5.41, 5.74) is 5.62. The Labute approximate surface area is 142 Å². The number of sulfone groups is 1. The molecule has 11 heteroatoms. The highest BCUT2D eigenvalue weighted by molar-refractivity contribution is 7.91. The molecule has 1 aliphatic heterocycles. The minimum atomic E-state index is -3.37. The van der Waals surface area contributed by atoms with E-state index in [9.17, 15) is 17.6 Å². The molecule has 1 fully saturated rings. The van der Waals surface area contributed by atoms with Gasteiger partial charge in [0, 0.05) is 24.1 Å². The second-order valence-electron chi connectivity index (χ2n) is 5.61. The van der Waals surface area contributed by atoms with Crippen molar-refractivity contribution >= 4 is 27.2 Å². The Morgan fingerprint density at radius 3 is 2.88 bits per heavy atom. The number of carbonyl (C=O) groups excluding carboxylic acids is 1. The monoisotopic (exact) mass is 364 g/mol. The van der Waals surface area contributed by atoms with Crippen molar-refractivity contribution < 1.29 is 17.6 Å². The van der Waals surface area contributed by atoms with Gasteiger partial charge in [-0.1, -0.05) is 0 Å². The second-order valence-corrected chi connectivity index (χ2v) is 7.76. The minimum Gasteiger partial charge on any atom is -0.365 e. The highest BCUT2D eigenvalue weighted by atomic mass is 32.2. The molecule has 0 bridgehead atoms. The van der Waals surface area contributed by atoms with Crippen LogP contribution in [0.3, 0.4) is 0 Å². The van der Waals surface area contributed by atoms with E-state index in [0.29, 0.717) is 0 Å². The number of nitrogens with zero attached hydrogens (tertiary/aromatic N) is 4. The summed E-state index contributed by atoms with van der Waals surface area (Å²) in [7, 11) is -3.37. The molecule has 3 N–H and O–H groups in total. The van der Waals surface area contributed by atoms with Gasteiger partial charge in [0.05, 0.1) is 29.5 Å². The van der Waals surface area contributed by atoms with E-state index in [1.165, 1.54) is 23.1 Å². The molecule has 0 aliphatic carbocycles. The molecule has 9 nitrogen and oxygen atoms in total. The fourth-order valence-corrected chi connectivity index (χ4v) is 4.55. The minimum absolute atomic E-state index is 0.00166. The van der Waals surface area contributed by atoms with E-state index in [2.05, 4.69) is 15.4 Å². The highest BCUT2D eigenvalue weighted by Gasteiger charge is 2.40. The van der Waals surface area contributed by atoms with Crippen LogP contribution in [0.15, 0.2) is 24.5 Å². The Hall–Kier alpha value is -3.00. The summed E-state index contributed by atoms with van der Waals surface area (Å²) in [4.78, 5) is 15.1. The normalized spacial score (nSPS) is 21.6. The summed E-state index contributed by atoms with van der Waals surface area (Å²) in [6.07, 6.45) is 2.52. The number of anilines is 2. The quantitative estimate of drug-likeness (QED) is 0.746. The number of nitrogens with two attached hydrogens (primary N) is 1. The Bertz CT molecular complexity index is 981. The maximum absolute atomic E-state index is 13.2. The van der Waals surface area contributed by atoms with Crippen LogP contribution in [0.25, 0.3) is 0 Å². The Morgan fingerprint density at radius 2 is 2.24 bits per heavy atom. The zero-order valence-electron chi connectivity index (χ0n) is 12.8. The SMILES string of the molecule is N#CC1CS(=O)(=O)CC1n1cc(C(N)=O)c(Nc2ccnc(F)c2)n1. The van der Waals surface area contributed by atoms with Crippen molar-refractivity contribution in [2.45, 2.75) is 6.04 Å². The smallest absolute Gasteiger partial charge is 0.254 e. The van der Waals surface area contributed by atoms with Crippen LogP contribution in [0.1, 0.15) is 16.4 Å². The van der Waals surface area contributed by atoms with Crippen molar-refractivity contribution in [2.75, 3.05) is 16.8 Å². The molecule has 1 aliphatic rings. The van der Waals surface area contributed by atoms with Crippen LogP contribution < -0.4 is 11.1 Å². The van der Waals surface area contributed by atoms with Crippen LogP contribution in [0.4, 0.5) is 15.9 Å². The van der Waals surface area contributed by atoms with Gasteiger partial charge >= 0.3 is 0 Å². The Balaban J connectivity index is 1.98. The number of hydrogen-bond donors (Lipinski definition) is 2. The van der Waals surface area contributed by atoms with Crippen molar-refractivity contribution in [3.8, 4) is 6.07 Å². The predicted octanol–water partition coefficient (Wildman–Crippen LogP) is 0.369. The van der Waals surface area contributed by atoms with Crippen molar-refractivity contribution in [1.82, 2.24) is 14.8 Å². The third kappa shape index (κ3) is 3.43. The van der Waals surface area contributed by atoms with Gasteiger partial charge in [-0.3, -0.25) is 9.48 Å². The van der Waals surface area contributed by atoms with Crippen LogP contribution in [-0.2, 0) is 9.84 Å². The number of halogens is 1. The van der Waals surface area contributed by atoms with Gasteiger partial charge in [0.15, 0.2) is 15.7 Å². The van der Waals surface area contributed by atoms with Crippen LogP contribution in [0.5, 0.6) is 0 Å². The number of nitrogens with one attached hydrogen (secondary N) is 1. The fraction of sp³-hybridized carbons (Fsp3) is 0.286. The Morgan fingerprint density at radius 1 is 1.48 bits per heavy atom. The first-order chi connectivity index (χ1) is 11.8. The van der Waals surface area contributed by atoms with Crippen LogP contribution in [0.2, 0.25) is 0 Å². The number of rotatable bonds is 4. The average Bonchev–Trinajstić information content (AvgIpc) is 3.07. The molecule has 130 valence electrons. The van der Waals surface area contributed by atoms with E-state index in [4.69, 9.17) is 11.0 Å². The van der Waals surface area contributed by atoms with Gasteiger partial charge in [-0.2, -0.15) is 14.8 Å². The van der Waals surface area contributed by atoms with Crippen LogP contribution in [0, 0.1) is 23.2 Å². The fourth-order valence-electron chi connectivity index (χ4n) is 2.66. The second kappa shape index (κ2) is 6.14. The van der Waals surface area contributed by atoms with Gasteiger partial charge in [-0.05, 0) is 6.07 Å². The number of amides is 1. The molecule has 2 aromatic heterocycles. The maximum Gasteiger partial charge on any atom is 0.254 e. The lowest BCUT2D eigenvalue weighted by atomic mass is 10.1. The molecule has 0 aromatic carbocycles. The van der Waals surface area contributed by atoms with Gasteiger partial charge in [0.1, 0.15) is 5.56 Å². The number of carbonyl (C=O) groups is 1. The van der Waals surface area contributed by atoms with Crippen molar-refractivity contribution in [2.24, 2.45) is 11.7 Å². The standard InChI is InChI=1S/C14H13FN6O3S/c15-12-3-9(1-2-18-12)19-14-10(13(17)22)5-21(20-14)11-7-25(23,24)6-8(11)4-16/h1-3,5,8,11H,6-7H2,(H2,17,22)(H,18,19,20). The molecule has 3 heterocycles. The van der Waals surface area contributed by atoms with Crippen LogP contribution >= 0.6 is 0 Å². The lowest BCUT2D eigenvalue weighted by Crippen LogP contribution is -2.17. The molecule has 1 amide bonds. The molecular weight excluding hydrogens is 351 g/mol. The largest absolute Gasteiger partial charge is 0.365 e. The van der Waals surface area contributed by atoms with E-state index in [-0.39, 0.29) is 28.6 Å². The van der Waals surface area contributed by atoms with Gasteiger partial charge in [0.2, 0.25) is 5.95 Å². The zero-order chi connectivity index (χ0) is 18.2. The van der Waals surface area contributed by atoms with Gasteiger partial charge in [0.25, 0.3) is 5.91 Å². The summed E-state index contributed by atoms with van der Waals surface area (Å²) in [6.45, 7) is 0. The predicted molar refractivity (Wildman–Crippen MR) is 85.0 cm³/mol. The number of primary amides is 1. The van der Waals surface area contributed by atoms with E-state index in [1.54, 1.807) is 0 Å². The molecule has 0 saturated carbocycles. The lowest BCUT2D eigenvalue weighted by molar-refractivity contribution is 0.100. The molecule has 1 saturated heterocycles. The molecule has 3 rings (SSSR count). The van der Waals surface area contributed by atoms with Crippen molar-refractivity contribution in [1.29, 1.82) is 5.26 Å². The molecule has 2 atom stereocenters. The summed E-state index contributed by atoms with van der Waals surface area (Å²) in [6, 6.07) is 3.79. The lowest BCUT2D eigenvalue weighted by Gasteiger charge is -2.11. The van der Waals surface area contributed by atoms with E-state index in [1.807, 2.05) is 6.07 Å². The van der Waals surface area contributed by atoms with Crippen LogP contribution in [-0.4, -0.2) is 40.6 Å². The van der Waals surface area contributed by atoms with Crippen molar-refractivity contribution in [3.63, 3.8) is 0 Å². The summed E-state index contributed by atoms with van der Waals surface area (Å²) in [5, 5.41) is 16.1. The topological polar surface area (TPSA) is 144 Å². The number of hydrogen-bond acceptors (Lipinski definition) is 7. The molecule has 0 radical (unpaired) electrons. The molecule has 0 spiro atoms. The van der Waals surface area contributed by atoms with Crippen molar-refractivity contribution in [3.05, 3.63) is 36.0 Å². The van der Waals surface area contributed by atoms with Gasteiger partial charge < -0.3 is 11.1 Å². The third-order valence-electron chi connectivity index (χ3n) is 3.81. The number of pyridine rings is 1. The van der Waals surface area contributed by atoms with E-state index < -0.39 is 33.7 Å². The molecule has 25 heavy (non-hydrogen) atoms. The van der Waals surface area contributed by atoms with E-state index >= 15 is 0 Å². The Kier molecular flexibility index (Phi) is 4.13. The van der Waals surface area contributed by atoms with Gasteiger partial charge in [-0.25, -0.2) is 13.4 Å². The highest BCUT2D eigenvalue weighted by Crippen LogP contribution is 2.31. The third-order valence-corrected chi connectivity index (χ3v) is 5.53. The maximum atomic E-state index is 13.2. The first kappa shape index (κ1) is 16.8. The zero-order valence-corrected chi connectivity index (χ0v) is 13.6.